The standard InChI is InChI=1S/C15H25N3O/c1-3-16-13(12-8-6-4-5-7-9-12)14-15(19-2)18-11-10-17-14/h10-13,16H,3-9H2,1-2H3. The lowest BCUT2D eigenvalue weighted by atomic mass is 9.89. The number of hydrogen-bond acceptors (Lipinski definition) is 4. The molecule has 1 saturated carbocycles. The minimum absolute atomic E-state index is 0.270. The van der Waals surface area contributed by atoms with E-state index in [1.54, 1.807) is 19.5 Å². The lowest BCUT2D eigenvalue weighted by Gasteiger charge is -2.27. The van der Waals surface area contributed by atoms with Gasteiger partial charge in [-0.15, -0.1) is 0 Å². The van der Waals surface area contributed by atoms with Gasteiger partial charge in [0.1, 0.15) is 5.69 Å². The summed E-state index contributed by atoms with van der Waals surface area (Å²) in [4.78, 5) is 8.82. The van der Waals surface area contributed by atoms with E-state index in [9.17, 15) is 0 Å². The van der Waals surface area contributed by atoms with Gasteiger partial charge in [-0.1, -0.05) is 32.6 Å². The molecule has 1 fully saturated rings. The van der Waals surface area contributed by atoms with Crippen molar-refractivity contribution < 1.29 is 4.74 Å². The van der Waals surface area contributed by atoms with Crippen LogP contribution in [0.2, 0.25) is 0 Å². The van der Waals surface area contributed by atoms with Gasteiger partial charge in [0.2, 0.25) is 5.88 Å². The highest BCUT2D eigenvalue weighted by Gasteiger charge is 2.27. The smallest absolute Gasteiger partial charge is 0.237 e. The van der Waals surface area contributed by atoms with Crippen LogP contribution in [0.25, 0.3) is 0 Å². The Labute approximate surface area is 116 Å². The third-order valence-electron chi connectivity index (χ3n) is 3.97. The predicted molar refractivity (Wildman–Crippen MR) is 76.2 cm³/mol. The second-order valence-electron chi connectivity index (χ2n) is 5.24. The normalized spacial score (nSPS) is 18.8. The van der Waals surface area contributed by atoms with Gasteiger partial charge in [0.15, 0.2) is 0 Å². The van der Waals surface area contributed by atoms with E-state index in [4.69, 9.17) is 4.74 Å². The average Bonchev–Trinajstić information content (AvgIpc) is 2.74. The zero-order valence-corrected chi connectivity index (χ0v) is 12.1. The molecule has 1 aliphatic rings. The van der Waals surface area contributed by atoms with Crippen LogP contribution in [0.4, 0.5) is 0 Å². The monoisotopic (exact) mass is 263 g/mol. The summed E-state index contributed by atoms with van der Waals surface area (Å²) in [7, 11) is 1.67. The highest BCUT2D eigenvalue weighted by Crippen LogP contribution is 2.35. The average molecular weight is 263 g/mol. The van der Waals surface area contributed by atoms with Gasteiger partial charge in [0.05, 0.1) is 13.2 Å². The second-order valence-corrected chi connectivity index (χ2v) is 5.24. The fourth-order valence-corrected chi connectivity index (χ4v) is 3.06. The summed E-state index contributed by atoms with van der Waals surface area (Å²) in [5.41, 5.74) is 0.971. The Bertz CT molecular complexity index is 375. The van der Waals surface area contributed by atoms with Crippen LogP contribution in [-0.2, 0) is 0 Å². The molecule has 19 heavy (non-hydrogen) atoms. The maximum absolute atomic E-state index is 5.38. The van der Waals surface area contributed by atoms with Crippen molar-refractivity contribution in [3.8, 4) is 5.88 Å². The van der Waals surface area contributed by atoms with Gasteiger partial charge in [-0.2, -0.15) is 0 Å². The van der Waals surface area contributed by atoms with Gasteiger partial charge in [-0.3, -0.25) is 4.98 Å². The summed E-state index contributed by atoms with van der Waals surface area (Å²) < 4.78 is 5.38. The molecular weight excluding hydrogens is 238 g/mol. The molecule has 0 saturated heterocycles. The Morgan fingerprint density at radius 3 is 2.53 bits per heavy atom. The summed E-state index contributed by atoms with van der Waals surface area (Å²) in [5.74, 6) is 1.31. The van der Waals surface area contributed by atoms with Crippen molar-refractivity contribution in [1.82, 2.24) is 15.3 Å². The third-order valence-corrected chi connectivity index (χ3v) is 3.97. The molecule has 0 amide bonds. The molecule has 1 unspecified atom stereocenters. The lowest BCUT2D eigenvalue weighted by molar-refractivity contribution is 0.305. The number of aromatic nitrogens is 2. The Morgan fingerprint density at radius 1 is 1.21 bits per heavy atom. The predicted octanol–water partition coefficient (Wildman–Crippen LogP) is 3.11. The second kappa shape index (κ2) is 7.43. The van der Waals surface area contributed by atoms with E-state index >= 15 is 0 Å². The van der Waals surface area contributed by atoms with Crippen LogP contribution >= 0.6 is 0 Å². The molecule has 1 heterocycles. The molecule has 4 heteroatoms. The molecule has 1 N–H and O–H groups in total. The van der Waals surface area contributed by atoms with Gasteiger partial charge in [-0.25, -0.2) is 4.98 Å². The van der Waals surface area contributed by atoms with Crippen LogP contribution in [0.15, 0.2) is 12.4 Å². The van der Waals surface area contributed by atoms with E-state index in [0.717, 1.165) is 12.2 Å². The zero-order valence-electron chi connectivity index (χ0n) is 12.1. The maximum Gasteiger partial charge on any atom is 0.237 e. The molecule has 1 aliphatic carbocycles. The van der Waals surface area contributed by atoms with E-state index in [2.05, 4.69) is 22.2 Å². The van der Waals surface area contributed by atoms with Crippen LogP contribution in [0.1, 0.15) is 57.2 Å². The van der Waals surface area contributed by atoms with E-state index < -0.39 is 0 Å². The fourth-order valence-electron chi connectivity index (χ4n) is 3.06. The molecule has 1 atom stereocenters. The van der Waals surface area contributed by atoms with Crippen molar-refractivity contribution in [2.45, 2.75) is 51.5 Å². The molecule has 0 radical (unpaired) electrons. The highest BCUT2D eigenvalue weighted by atomic mass is 16.5. The summed E-state index contributed by atoms with van der Waals surface area (Å²) in [6.45, 7) is 3.09. The first-order chi connectivity index (χ1) is 9.36. The third kappa shape index (κ3) is 3.66. The van der Waals surface area contributed by atoms with Gasteiger partial charge < -0.3 is 10.1 Å². The first kappa shape index (κ1) is 14.3. The topological polar surface area (TPSA) is 47.0 Å². The number of ether oxygens (including phenoxy) is 1. The Kier molecular flexibility index (Phi) is 5.58. The highest BCUT2D eigenvalue weighted by molar-refractivity contribution is 5.22. The van der Waals surface area contributed by atoms with Crippen molar-refractivity contribution in [3.63, 3.8) is 0 Å². The molecule has 4 nitrogen and oxygen atoms in total. The van der Waals surface area contributed by atoms with Crippen molar-refractivity contribution in [1.29, 1.82) is 0 Å². The fraction of sp³-hybridized carbons (Fsp3) is 0.733. The number of methoxy groups -OCH3 is 1. The van der Waals surface area contributed by atoms with Gasteiger partial charge in [-0.05, 0) is 25.3 Å². The lowest BCUT2D eigenvalue weighted by Crippen LogP contribution is -2.29. The Morgan fingerprint density at radius 2 is 1.89 bits per heavy atom. The summed E-state index contributed by atoms with van der Waals surface area (Å²) in [6, 6.07) is 0.270. The van der Waals surface area contributed by atoms with E-state index in [1.807, 2.05) is 0 Å². The van der Waals surface area contributed by atoms with E-state index in [0.29, 0.717) is 11.8 Å². The molecule has 0 aliphatic heterocycles. The molecule has 0 spiro atoms. The van der Waals surface area contributed by atoms with Crippen molar-refractivity contribution >= 4 is 0 Å². The van der Waals surface area contributed by atoms with Gasteiger partial charge in [0, 0.05) is 12.4 Å². The molecule has 0 bridgehead atoms. The van der Waals surface area contributed by atoms with Crippen molar-refractivity contribution in [2.24, 2.45) is 5.92 Å². The summed E-state index contributed by atoms with van der Waals surface area (Å²) in [6.07, 6.45) is 11.4. The van der Waals surface area contributed by atoms with Gasteiger partial charge >= 0.3 is 0 Å². The summed E-state index contributed by atoms with van der Waals surface area (Å²) in [5, 5.41) is 3.59. The van der Waals surface area contributed by atoms with Crippen LogP contribution in [0, 0.1) is 5.92 Å². The maximum atomic E-state index is 5.38. The first-order valence-corrected chi connectivity index (χ1v) is 7.45. The van der Waals surface area contributed by atoms with Crippen LogP contribution in [0.5, 0.6) is 5.88 Å². The first-order valence-electron chi connectivity index (χ1n) is 7.45. The number of rotatable bonds is 5. The molecule has 106 valence electrons. The zero-order chi connectivity index (χ0) is 13.5. The SMILES string of the molecule is CCNC(c1nccnc1OC)C1CCCCCC1. The van der Waals surface area contributed by atoms with Crippen LogP contribution < -0.4 is 10.1 Å². The van der Waals surface area contributed by atoms with E-state index in [-0.39, 0.29) is 6.04 Å². The van der Waals surface area contributed by atoms with Gasteiger partial charge in [0.25, 0.3) is 0 Å². The minimum Gasteiger partial charge on any atom is -0.480 e. The Balaban J connectivity index is 2.22. The van der Waals surface area contributed by atoms with E-state index in [1.165, 1.54) is 38.5 Å². The van der Waals surface area contributed by atoms with Crippen LogP contribution in [-0.4, -0.2) is 23.6 Å². The van der Waals surface area contributed by atoms with Crippen LogP contribution in [0.3, 0.4) is 0 Å². The number of hydrogen-bond donors (Lipinski definition) is 1. The molecular formula is C15H25N3O. The Hall–Kier alpha value is -1.16. The molecule has 1 aromatic heterocycles. The minimum atomic E-state index is 0.270. The van der Waals surface area contributed by atoms with Crippen molar-refractivity contribution in [3.05, 3.63) is 18.1 Å². The largest absolute Gasteiger partial charge is 0.480 e. The number of nitrogens with zero attached hydrogens (tertiary/aromatic N) is 2. The van der Waals surface area contributed by atoms with Crippen molar-refractivity contribution in [2.75, 3.05) is 13.7 Å². The molecule has 0 aromatic carbocycles. The molecule has 2 rings (SSSR count). The number of nitrogens with one attached hydrogen (secondary N) is 1. The quantitative estimate of drug-likeness (QED) is 0.829. The summed E-state index contributed by atoms with van der Waals surface area (Å²) >= 11 is 0. The molecule has 1 aromatic rings.